The Balaban J connectivity index is 1.84. The van der Waals surface area contributed by atoms with Gasteiger partial charge in [-0.25, -0.2) is 0 Å². The van der Waals surface area contributed by atoms with Crippen LogP contribution in [0.1, 0.15) is 44.4 Å². The summed E-state index contributed by atoms with van der Waals surface area (Å²) < 4.78 is 0. The fourth-order valence-electron chi connectivity index (χ4n) is 2.51. The van der Waals surface area contributed by atoms with Crippen LogP contribution < -0.4 is 5.32 Å². The summed E-state index contributed by atoms with van der Waals surface area (Å²) in [6.45, 7) is 4.62. The Hall–Kier alpha value is -0.340. The zero-order chi connectivity index (χ0) is 10.7. The summed E-state index contributed by atoms with van der Waals surface area (Å²) >= 11 is 1.87. The fourth-order valence-corrected chi connectivity index (χ4v) is 3.34. The lowest BCUT2D eigenvalue weighted by atomic mass is 9.74. The average Bonchev–Trinajstić information content (AvgIpc) is 2.64. The van der Waals surface area contributed by atoms with Crippen molar-refractivity contribution in [1.82, 2.24) is 5.32 Å². The minimum absolute atomic E-state index is 0.483. The Morgan fingerprint density at radius 1 is 1.53 bits per heavy atom. The molecular formula is C13H21NS. The predicted molar refractivity (Wildman–Crippen MR) is 67.5 cm³/mol. The lowest BCUT2D eigenvalue weighted by Crippen LogP contribution is -2.54. The molecule has 0 amide bonds. The highest BCUT2D eigenvalue weighted by Gasteiger charge is 2.35. The smallest absolute Gasteiger partial charge is 0.0181 e. The molecule has 1 aromatic heterocycles. The number of hydrogen-bond acceptors (Lipinski definition) is 2. The number of hydrogen-bond donors (Lipinski definition) is 1. The maximum atomic E-state index is 3.82. The maximum absolute atomic E-state index is 3.82. The zero-order valence-corrected chi connectivity index (χ0v) is 10.6. The van der Waals surface area contributed by atoms with E-state index in [4.69, 9.17) is 0 Å². The normalized spacial score (nSPS) is 20.9. The third-order valence-corrected chi connectivity index (χ3v) is 4.53. The lowest BCUT2D eigenvalue weighted by molar-refractivity contribution is 0.160. The van der Waals surface area contributed by atoms with E-state index in [0.29, 0.717) is 11.6 Å². The summed E-state index contributed by atoms with van der Waals surface area (Å²) in [6, 6.07) is 5.00. The lowest BCUT2D eigenvalue weighted by Gasteiger charge is -2.44. The molecule has 1 N–H and O–H groups in total. The van der Waals surface area contributed by atoms with Gasteiger partial charge in [0.05, 0.1) is 0 Å². The molecule has 1 aliphatic rings. The van der Waals surface area contributed by atoms with Crippen molar-refractivity contribution in [2.24, 2.45) is 0 Å². The molecule has 0 aromatic carbocycles. The average molecular weight is 223 g/mol. The van der Waals surface area contributed by atoms with E-state index < -0.39 is 0 Å². The van der Waals surface area contributed by atoms with Gasteiger partial charge >= 0.3 is 0 Å². The Labute approximate surface area is 96.9 Å². The van der Waals surface area contributed by atoms with Crippen LogP contribution in [0.15, 0.2) is 17.5 Å². The van der Waals surface area contributed by atoms with Crippen LogP contribution in [0.2, 0.25) is 0 Å². The van der Waals surface area contributed by atoms with Gasteiger partial charge in [0, 0.05) is 16.5 Å². The second-order valence-corrected chi connectivity index (χ2v) is 5.85. The molecule has 2 heteroatoms. The SMILES string of the molecule is CCC1(NC(C)Cc2cccs2)CCC1. The first-order valence-corrected chi connectivity index (χ1v) is 6.92. The Morgan fingerprint density at radius 3 is 2.80 bits per heavy atom. The van der Waals surface area contributed by atoms with Crippen LogP contribution in [0, 0.1) is 0 Å². The number of thiophene rings is 1. The van der Waals surface area contributed by atoms with Crippen LogP contribution in [0.4, 0.5) is 0 Å². The molecule has 1 unspecified atom stereocenters. The van der Waals surface area contributed by atoms with Gasteiger partial charge in [0.15, 0.2) is 0 Å². The highest BCUT2D eigenvalue weighted by molar-refractivity contribution is 7.09. The molecule has 0 bridgehead atoms. The van der Waals surface area contributed by atoms with Crippen molar-refractivity contribution in [3.05, 3.63) is 22.4 Å². The summed E-state index contributed by atoms with van der Waals surface area (Å²) in [5.74, 6) is 0. The third kappa shape index (κ3) is 2.61. The second-order valence-electron chi connectivity index (χ2n) is 4.82. The summed E-state index contributed by atoms with van der Waals surface area (Å²) in [4.78, 5) is 1.50. The van der Waals surface area contributed by atoms with E-state index in [2.05, 4.69) is 36.7 Å². The predicted octanol–water partition coefficient (Wildman–Crippen LogP) is 3.60. The van der Waals surface area contributed by atoms with Gasteiger partial charge in [0.25, 0.3) is 0 Å². The van der Waals surface area contributed by atoms with E-state index in [1.54, 1.807) is 0 Å². The molecule has 0 aliphatic heterocycles. The van der Waals surface area contributed by atoms with Crippen molar-refractivity contribution in [2.75, 3.05) is 0 Å². The van der Waals surface area contributed by atoms with E-state index in [1.807, 2.05) is 11.3 Å². The van der Waals surface area contributed by atoms with Crippen LogP contribution in [-0.2, 0) is 6.42 Å². The number of nitrogens with one attached hydrogen (secondary N) is 1. The van der Waals surface area contributed by atoms with Crippen LogP contribution in [0.25, 0.3) is 0 Å². The van der Waals surface area contributed by atoms with Gasteiger partial charge in [-0.2, -0.15) is 0 Å². The van der Waals surface area contributed by atoms with Gasteiger partial charge in [-0.1, -0.05) is 13.0 Å². The summed E-state index contributed by atoms with van der Waals surface area (Å²) in [7, 11) is 0. The van der Waals surface area contributed by atoms with Gasteiger partial charge < -0.3 is 5.32 Å². The quantitative estimate of drug-likeness (QED) is 0.804. The molecule has 1 saturated carbocycles. The minimum Gasteiger partial charge on any atom is -0.308 e. The van der Waals surface area contributed by atoms with Gasteiger partial charge in [0.1, 0.15) is 0 Å². The molecule has 1 aromatic rings. The Kier molecular flexibility index (Phi) is 3.47. The standard InChI is InChI=1S/C13H21NS/c1-3-13(7-5-8-13)14-11(2)10-12-6-4-9-15-12/h4,6,9,11,14H,3,5,7-8,10H2,1-2H3. The molecule has 1 heterocycles. The van der Waals surface area contributed by atoms with Crippen molar-refractivity contribution in [3.63, 3.8) is 0 Å². The molecule has 1 atom stereocenters. The van der Waals surface area contributed by atoms with Gasteiger partial charge in [-0.15, -0.1) is 11.3 Å². The van der Waals surface area contributed by atoms with Crippen molar-refractivity contribution in [3.8, 4) is 0 Å². The molecule has 0 saturated heterocycles. The van der Waals surface area contributed by atoms with Crippen LogP contribution in [0.5, 0.6) is 0 Å². The molecule has 0 spiro atoms. The third-order valence-electron chi connectivity index (χ3n) is 3.63. The van der Waals surface area contributed by atoms with Crippen LogP contribution >= 0.6 is 11.3 Å². The van der Waals surface area contributed by atoms with Crippen LogP contribution in [-0.4, -0.2) is 11.6 Å². The monoisotopic (exact) mass is 223 g/mol. The molecule has 84 valence electrons. The van der Waals surface area contributed by atoms with E-state index in [-0.39, 0.29) is 0 Å². The second kappa shape index (κ2) is 4.67. The zero-order valence-electron chi connectivity index (χ0n) is 9.75. The summed E-state index contributed by atoms with van der Waals surface area (Å²) in [5, 5.41) is 5.99. The molecule has 0 radical (unpaired) electrons. The Morgan fingerprint density at radius 2 is 2.33 bits per heavy atom. The molecule has 2 rings (SSSR count). The Bertz CT molecular complexity index is 282. The molecule has 1 nitrogen and oxygen atoms in total. The first kappa shape index (κ1) is 11.2. The molecule has 15 heavy (non-hydrogen) atoms. The fraction of sp³-hybridized carbons (Fsp3) is 0.692. The number of rotatable bonds is 5. The van der Waals surface area contributed by atoms with E-state index in [0.717, 1.165) is 0 Å². The maximum Gasteiger partial charge on any atom is 0.0181 e. The van der Waals surface area contributed by atoms with Crippen molar-refractivity contribution in [2.45, 2.75) is 57.5 Å². The van der Waals surface area contributed by atoms with Crippen molar-refractivity contribution >= 4 is 11.3 Å². The highest BCUT2D eigenvalue weighted by Crippen LogP contribution is 2.35. The summed E-state index contributed by atoms with van der Waals surface area (Å²) in [6.07, 6.45) is 6.62. The first-order chi connectivity index (χ1) is 7.24. The molecule has 1 fully saturated rings. The molecule has 1 aliphatic carbocycles. The van der Waals surface area contributed by atoms with Gasteiger partial charge in [-0.3, -0.25) is 0 Å². The van der Waals surface area contributed by atoms with Crippen molar-refractivity contribution in [1.29, 1.82) is 0 Å². The first-order valence-electron chi connectivity index (χ1n) is 6.04. The largest absolute Gasteiger partial charge is 0.308 e. The molecular weight excluding hydrogens is 202 g/mol. The van der Waals surface area contributed by atoms with Gasteiger partial charge in [-0.05, 0) is 50.5 Å². The van der Waals surface area contributed by atoms with E-state index >= 15 is 0 Å². The highest BCUT2D eigenvalue weighted by atomic mass is 32.1. The summed E-state index contributed by atoms with van der Waals surface area (Å²) in [5.41, 5.74) is 0.483. The topological polar surface area (TPSA) is 12.0 Å². The van der Waals surface area contributed by atoms with Crippen LogP contribution in [0.3, 0.4) is 0 Å². The van der Waals surface area contributed by atoms with Crippen molar-refractivity contribution < 1.29 is 0 Å². The minimum atomic E-state index is 0.483. The van der Waals surface area contributed by atoms with E-state index in [1.165, 1.54) is 37.0 Å². The van der Waals surface area contributed by atoms with E-state index in [9.17, 15) is 0 Å². The van der Waals surface area contributed by atoms with Gasteiger partial charge in [0.2, 0.25) is 0 Å².